The highest BCUT2D eigenvalue weighted by molar-refractivity contribution is 6.30. The number of nitrogens with two attached hydrogens (primary N) is 1. The van der Waals surface area contributed by atoms with Gasteiger partial charge in [-0.2, -0.15) is 0 Å². The minimum Gasteiger partial charge on any atom is -0.398 e. The van der Waals surface area contributed by atoms with E-state index in [0.29, 0.717) is 0 Å². The van der Waals surface area contributed by atoms with Crippen LogP contribution in [0.3, 0.4) is 0 Å². The molecule has 0 amide bonds. The van der Waals surface area contributed by atoms with Crippen molar-refractivity contribution in [3.05, 3.63) is 95.1 Å². The molecule has 0 unspecified atom stereocenters. The number of aromatic nitrogens is 1. The summed E-state index contributed by atoms with van der Waals surface area (Å²) in [4.78, 5) is 4.59. The van der Waals surface area contributed by atoms with Crippen LogP contribution < -0.4 is 5.73 Å². The molecular weight excluding hydrogens is 376 g/mol. The van der Waals surface area contributed by atoms with Crippen molar-refractivity contribution in [1.82, 2.24) is 4.98 Å². The molecule has 1 heterocycles. The molecule has 144 valence electrons. The van der Waals surface area contributed by atoms with Gasteiger partial charge in [-0.15, -0.1) is 0 Å². The number of nitrogen functional groups attached to an aromatic ring is 1. The van der Waals surface area contributed by atoms with Crippen LogP contribution in [0.15, 0.2) is 79.0 Å². The maximum atomic E-state index is 6.45. The average Bonchev–Trinajstić information content (AvgIpc) is 2.74. The summed E-state index contributed by atoms with van der Waals surface area (Å²) in [6, 6.07) is 24.8. The highest BCUT2D eigenvalue weighted by Gasteiger charge is 2.10. The molecule has 29 heavy (non-hydrogen) atoms. The molecule has 0 bridgehead atoms. The number of rotatable bonds is 4. The van der Waals surface area contributed by atoms with Crippen LogP contribution in [0, 0.1) is 6.92 Å². The maximum Gasteiger partial charge on any atom is 0.0710 e. The highest BCUT2D eigenvalue weighted by atomic mass is 35.5. The summed E-state index contributed by atoms with van der Waals surface area (Å²) < 4.78 is 0. The summed E-state index contributed by atoms with van der Waals surface area (Å²) in [7, 11) is 0. The topological polar surface area (TPSA) is 38.9 Å². The molecule has 0 aliphatic rings. The number of aryl methyl sites for hydroxylation is 2. The fourth-order valence-electron chi connectivity index (χ4n) is 3.60. The van der Waals surface area contributed by atoms with Gasteiger partial charge in [0.15, 0.2) is 0 Å². The molecule has 0 aliphatic heterocycles. The van der Waals surface area contributed by atoms with Gasteiger partial charge in [0.2, 0.25) is 0 Å². The second-order valence-electron chi connectivity index (χ2n) is 7.25. The molecule has 3 aromatic carbocycles. The second kappa shape index (κ2) is 8.10. The molecule has 4 aromatic rings. The van der Waals surface area contributed by atoms with Crippen molar-refractivity contribution in [2.75, 3.05) is 5.73 Å². The van der Waals surface area contributed by atoms with Crippen LogP contribution in [0.2, 0.25) is 5.02 Å². The van der Waals surface area contributed by atoms with Crippen LogP contribution in [0.25, 0.3) is 33.5 Å². The minimum atomic E-state index is 0.748. The monoisotopic (exact) mass is 398 g/mol. The zero-order valence-electron chi connectivity index (χ0n) is 16.6. The number of benzene rings is 3. The minimum absolute atomic E-state index is 0.748. The Morgan fingerprint density at radius 3 is 2.24 bits per heavy atom. The molecule has 0 radical (unpaired) electrons. The third-order valence-corrected chi connectivity index (χ3v) is 5.47. The summed E-state index contributed by atoms with van der Waals surface area (Å²) >= 11 is 6.17. The lowest BCUT2D eigenvalue weighted by molar-refractivity contribution is 1.13. The van der Waals surface area contributed by atoms with Crippen LogP contribution in [-0.4, -0.2) is 4.98 Å². The standard InChI is InChI=1S/C26H23ClN2/c1-3-18-14-22(27)9-11-24(18)26-16-21(12-13-29-26)23-10-8-20(15-25(23)28)19-6-4-17(2)5-7-19/h4-16H,3,28H2,1-2H3. The Labute approximate surface area is 177 Å². The van der Waals surface area contributed by atoms with E-state index in [1.807, 2.05) is 36.5 Å². The molecule has 2 nitrogen and oxygen atoms in total. The number of halogens is 1. The van der Waals surface area contributed by atoms with Crippen molar-refractivity contribution >= 4 is 17.3 Å². The van der Waals surface area contributed by atoms with E-state index in [1.54, 1.807) is 0 Å². The lowest BCUT2D eigenvalue weighted by atomic mass is 9.96. The summed E-state index contributed by atoms with van der Waals surface area (Å²) in [5, 5.41) is 0.748. The third-order valence-electron chi connectivity index (χ3n) is 5.23. The molecule has 2 N–H and O–H groups in total. The lowest BCUT2D eigenvalue weighted by Crippen LogP contribution is -1.94. The first kappa shape index (κ1) is 19.2. The first-order valence-electron chi connectivity index (χ1n) is 9.77. The van der Waals surface area contributed by atoms with E-state index in [2.05, 4.69) is 61.3 Å². The zero-order valence-corrected chi connectivity index (χ0v) is 17.4. The highest BCUT2D eigenvalue weighted by Crippen LogP contribution is 2.33. The van der Waals surface area contributed by atoms with Crippen molar-refractivity contribution in [2.24, 2.45) is 0 Å². The van der Waals surface area contributed by atoms with Crippen LogP contribution in [0.1, 0.15) is 18.1 Å². The zero-order chi connectivity index (χ0) is 20.4. The van der Waals surface area contributed by atoms with Gasteiger partial charge < -0.3 is 5.73 Å². The largest absolute Gasteiger partial charge is 0.398 e. The van der Waals surface area contributed by atoms with E-state index in [1.165, 1.54) is 11.1 Å². The van der Waals surface area contributed by atoms with Crippen molar-refractivity contribution in [3.8, 4) is 33.5 Å². The van der Waals surface area contributed by atoms with Crippen LogP contribution in [-0.2, 0) is 6.42 Å². The maximum absolute atomic E-state index is 6.45. The van der Waals surface area contributed by atoms with E-state index >= 15 is 0 Å². The van der Waals surface area contributed by atoms with Gasteiger partial charge in [0.25, 0.3) is 0 Å². The molecule has 0 aliphatic carbocycles. The number of pyridine rings is 1. The van der Waals surface area contributed by atoms with Crippen molar-refractivity contribution in [1.29, 1.82) is 0 Å². The van der Waals surface area contributed by atoms with Crippen molar-refractivity contribution in [2.45, 2.75) is 20.3 Å². The molecular formula is C26H23ClN2. The van der Waals surface area contributed by atoms with Crippen LogP contribution >= 0.6 is 11.6 Å². The molecule has 4 rings (SSSR count). The smallest absolute Gasteiger partial charge is 0.0710 e. The number of anilines is 1. The Hall–Kier alpha value is -3.10. The lowest BCUT2D eigenvalue weighted by Gasteiger charge is -2.12. The molecule has 0 atom stereocenters. The van der Waals surface area contributed by atoms with E-state index < -0.39 is 0 Å². The Morgan fingerprint density at radius 2 is 1.52 bits per heavy atom. The number of hydrogen-bond donors (Lipinski definition) is 1. The van der Waals surface area contributed by atoms with Gasteiger partial charge in [0.1, 0.15) is 0 Å². The predicted molar refractivity (Wildman–Crippen MR) is 124 cm³/mol. The fourth-order valence-corrected chi connectivity index (χ4v) is 3.80. The summed E-state index contributed by atoms with van der Waals surface area (Å²) in [6.45, 7) is 4.22. The molecule has 0 saturated heterocycles. The van der Waals surface area contributed by atoms with Gasteiger partial charge in [-0.1, -0.05) is 66.6 Å². The number of nitrogens with zero attached hydrogens (tertiary/aromatic N) is 1. The molecule has 0 fully saturated rings. The molecule has 0 spiro atoms. The number of hydrogen-bond acceptors (Lipinski definition) is 2. The Morgan fingerprint density at radius 1 is 0.793 bits per heavy atom. The van der Waals surface area contributed by atoms with E-state index in [9.17, 15) is 0 Å². The Kier molecular flexibility index (Phi) is 5.37. The van der Waals surface area contributed by atoms with E-state index in [0.717, 1.165) is 50.6 Å². The average molecular weight is 399 g/mol. The second-order valence-corrected chi connectivity index (χ2v) is 7.69. The van der Waals surface area contributed by atoms with Crippen molar-refractivity contribution in [3.63, 3.8) is 0 Å². The van der Waals surface area contributed by atoms with Gasteiger partial charge in [-0.25, -0.2) is 0 Å². The van der Waals surface area contributed by atoms with E-state index in [-0.39, 0.29) is 0 Å². The van der Waals surface area contributed by atoms with Gasteiger partial charge in [-0.05, 0) is 65.9 Å². The Bertz CT molecular complexity index is 1160. The van der Waals surface area contributed by atoms with Gasteiger partial charge >= 0.3 is 0 Å². The van der Waals surface area contributed by atoms with Crippen LogP contribution in [0.5, 0.6) is 0 Å². The first-order chi connectivity index (χ1) is 14.0. The normalized spacial score (nSPS) is 10.9. The van der Waals surface area contributed by atoms with Gasteiger partial charge in [0.05, 0.1) is 5.69 Å². The molecule has 3 heteroatoms. The predicted octanol–water partition coefficient (Wildman–Crippen LogP) is 7.19. The molecule has 1 aromatic heterocycles. The van der Waals surface area contributed by atoms with Crippen molar-refractivity contribution < 1.29 is 0 Å². The SMILES string of the molecule is CCc1cc(Cl)ccc1-c1cc(-c2ccc(-c3ccc(C)cc3)cc2N)ccn1. The summed E-state index contributed by atoms with van der Waals surface area (Å²) in [6.07, 6.45) is 2.74. The molecule has 0 saturated carbocycles. The summed E-state index contributed by atoms with van der Waals surface area (Å²) in [5.74, 6) is 0. The third kappa shape index (κ3) is 4.03. The fraction of sp³-hybridized carbons (Fsp3) is 0.115. The Balaban J connectivity index is 1.73. The van der Waals surface area contributed by atoms with Gasteiger partial charge in [-0.3, -0.25) is 4.98 Å². The summed E-state index contributed by atoms with van der Waals surface area (Å²) in [5.41, 5.74) is 16.0. The quantitative estimate of drug-likeness (QED) is 0.369. The van der Waals surface area contributed by atoms with Gasteiger partial charge in [0, 0.05) is 28.0 Å². The first-order valence-corrected chi connectivity index (χ1v) is 10.1. The van der Waals surface area contributed by atoms with Crippen LogP contribution in [0.4, 0.5) is 5.69 Å². The van der Waals surface area contributed by atoms with E-state index in [4.69, 9.17) is 17.3 Å².